The number of hydrogen-bond donors (Lipinski definition) is 1. The maximum absolute atomic E-state index is 13.0. The molecule has 0 spiro atoms. The third-order valence-electron chi connectivity index (χ3n) is 2.61. The number of aliphatic hydroxyl groups is 1. The molecule has 94 valence electrons. The molecule has 0 fully saturated rings. The van der Waals surface area contributed by atoms with E-state index in [2.05, 4.69) is 22.6 Å². The van der Waals surface area contributed by atoms with E-state index in [0.29, 0.717) is 5.56 Å². The van der Waals surface area contributed by atoms with E-state index < -0.39 is 17.7 Å². The summed E-state index contributed by atoms with van der Waals surface area (Å²) in [7, 11) is 0. The molecule has 18 heavy (non-hydrogen) atoms. The molecule has 0 aliphatic heterocycles. The van der Waals surface area contributed by atoms with Gasteiger partial charge in [0.15, 0.2) is 0 Å². The third-order valence-corrected chi connectivity index (χ3v) is 3.33. The highest BCUT2D eigenvalue weighted by molar-refractivity contribution is 14.1. The van der Waals surface area contributed by atoms with E-state index in [4.69, 9.17) is 0 Å². The number of aliphatic hydroxyl groups excluding tert-OH is 1. The van der Waals surface area contributed by atoms with Gasteiger partial charge in [-0.2, -0.15) is 0 Å². The third kappa shape index (κ3) is 3.49. The summed E-state index contributed by atoms with van der Waals surface area (Å²) in [6, 6.07) is 10.7. The van der Waals surface area contributed by atoms with E-state index in [1.54, 1.807) is 0 Å². The minimum absolute atomic E-state index is 0.190. The van der Waals surface area contributed by atoms with Gasteiger partial charge in [-0.15, -0.1) is 0 Å². The molecule has 0 aliphatic carbocycles. The first kappa shape index (κ1) is 13.4. The molecule has 0 aliphatic rings. The Morgan fingerprint density at radius 1 is 1.00 bits per heavy atom. The molecular formula is C14H11F2IO. The summed E-state index contributed by atoms with van der Waals surface area (Å²) in [5, 5.41) is 10.00. The van der Waals surface area contributed by atoms with E-state index in [1.165, 1.54) is 12.1 Å². The van der Waals surface area contributed by atoms with Crippen molar-refractivity contribution in [3.63, 3.8) is 0 Å². The van der Waals surface area contributed by atoms with Crippen LogP contribution in [-0.4, -0.2) is 5.11 Å². The van der Waals surface area contributed by atoms with Crippen LogP contribution in [0.15, 0.2) is 42.5 Å². The molecular weight excluding hydrogens is 349 g/mol. The van der Waals surface area contributed by atoms with E-state index >= 15 is 0 Å². The second-order valence-electron chi connectivity index (χ2n) is 4.05. The predicted molar refractivity (Wildman–Crippen MR) is 74.2 cm³/mol. The van der Waals surface area contributed by atoms with Crippen LogP contribution in [0.25, 0.3) is 0 Å². The van der Waals surface area contributed by atoms with E-state index in [0.717, 1.165) is 15.2 Å². The summed E-state index contributed by atoms with van der Waals surface area (Å²) in [6.45, 7) is 0. The predicted octanol–water partition coefficient (Wildman–Crippen LogP) is 3.85. The lowest BCUT2D eigenvalue weighted by Gasteiger charge is -2.11. The fourth-order valence-corrected chi connectivity index (χ4v) is 2.11. The molecule has 1 nitrogen and oxygen atoms in total. The highest BCUT2D eigenvalue weighted by Crippen LogP contribution is 2.20. The smallest absolute Gasteiger partial charge is 0.126 e. The van der Waals surface area contributed by atoms with Gasteiger partial charge >= 0.3 is 0 Å². The van der Waals surface area contributed by atoms with Crippen molar-refractivity contribution >= 4 is 22.6 Å². The SMILES string of the molecule is OC(Cc1cc(F)cc(F)c1)c1ccc(I)cc1. The van der Waals surface area contributed by atoms with Crippen molar-refractivity contribution in [1.82, 2.24) is 0 Å². The van der Waals surface area contributed by atoms with Crippen molar-refractivity contribution in [2.75, 3.05) is 0 Å². The monoisotopic (exact) mass is 360 g/mol. The van der Waals surface area contributed by atoms with Crippen LogP contribution in [0, 0.1) is 15.2 Å². The van der Waals surface area contributed by atoms with Gasteiger partial charge in [-0.3, -0.25) is 0 Å². The number of benzene rings is 2. The number of hydrogen-bond acceptors (Lipinski definition) is 1. The largest absolute Gasteiger partial charge is 0.388 e. The van der Waals surface area contributed by atoms with Gasteiger partial charge in [-0.1, -0.05) is 12.1 Å². The van der Waals surface area contributed by atoms with Crippen LogP contribution in [0.5, 0.6) is 0 Å². The normalized spacial score (nSPS) is 12.4. The minimum Gasteiger partial charge on any atom is -0.388 e. The Bertz CT molecular complexity index is 520. The lowest BCUT2D eigenvalue weighted by molar-refractivity contribution is 0.178. The second-order valence-corrected chi connectivity index (χ2v) is 5.29. The van der Waals surface area contributed by atoms with Crippen LogP contribution in [0.2, 0.25) is 0 Å². The van der Waals surface area contributed by atoms with Gasteiger partial charge in [0.2, 0.25) is 0 Å². The summed E-state index contributed by atoms with van der Waals surface area (Å²) < 4.78 is 27.1. The zero-order chi connectivity index (χ0) is 13.1. The van der Waals surface area contributed by atoms with Gasteiger partial charge in [0.1, 0.15) is 11.6 Å². The Morgan fingerprint density at radius 2 is 1.56 bits per heavy atom. The maximum Gasteiger partial charge on any atom is 0.126 e. The molecule has 2 aromatic rings. The Hall–Kier alpha value is -1.01. The molecule has 0 bridgehead atoms. The molecule has 1 unspecified atom stereocenters. The maximum atomic E-state index is 13.0. The first-order chi connectivity index (χ1) is 8.54. The van der Waals surface area contributed by atoms with Crippen LogP contribution in [0.1, 0.15) is 17.2 Å². The van der Waals surface area contributed by atoms with E-state index in [9.17, 15) is 13.9 Å². The number of halogens is 3. The molecule has 1 atom stereocenters. The van der Waals surface area contributed by atoms with Crippen LogP contribution in [0.4, 0.5) is 8.78 Å². The summed E-state index contributed by atoms with van der Waals surface area (Å²) in [4.78, 5) is 0. The van der Waals surface area contributed by atoms with Gasteiger partial charge in [0.25, 0.3) is 0 Å². The molecule has 2 rings (SSSR count). The highest BCUT2D eigenvalue weighted by atomic mass is 127. The number of rotatable bonds is 3. The highest BCUT2D eigenvalue weighted by Gasteiger charge is 2.10. The van der Waals surface area contributed by atoms with Gasteiger partial charge in [-0.25, -0.2) is 8.78 Å². The molecule has 0 aromatic heterocycles. The van der Waals surface area contributed by atoms with Gasteiger partial charge in [0.05, 0.1) is 6.10 Å². The van der Waals surface area contributed by atoms with Crippen molar-refractivity contribution in [2.24, 2.45) is 0 Å². The fourth-order valence-electron chi connectivity index (χ4n) is 1.75. The molecule has 2 aromatic carbocycles. The zero-order valence-electron chi connectivity index (χ0n) is 9.41. The summed E-state index contributed by atoms with van der Waals surface area (Å²) in [5.74, 6) is -1.25. The molecule has 0 radical (unpaired) electrons. The lowest BCUT2D eigenvalue weighted by atomic mass is 10.0. The fraction of sp³-hybridized carbons (Fsp3) is 0.143. The van der Waals surface area contributed by atoms with Crippen molar-refractivity contribution in [3.05, 3.63) is 68.8 Å². The molecule has 0 heterocycles. The second kappa shape index (κ2) is 5.75. The van der Waals surface area contributed by atoms with Crippen molar-refractivity contribution in [2.45, 2.75) is 12.5 Å². The summed E-state index contributed by atoms with van der Waals surface area (Å²) >= 11 is 2.17. The van der Waals surface area contributed by atoms with Gasteiger partial charge in [-0.05, 0) is 58.0 Å². The van der Waals surface area contributed by atoms with Crippen LogP contribution in [0.3, 0.4) is 0 Å². The molecule has 4 heteroatoms. The van der Waals surface area contributed by atoms with Crippen molar-refractivity contribution in [1.29, 1.82) is 0 Å². The first-order valence-electron chi connectivity index (χ1n) is 5.43. The van der Waals surface area contributed by atoms with Crippen molar-refractivity contribution < 1.29 is 13.9 Å². The quantitative estimate of drug-likeness (QED) is 0.825. The summed E-state index contributed by atoms with van der Waals surface area (Å²) in [5.41, 5.74) is 1.18. The first-order valence-corrected chi connectivity index (χ1v) is 6.51. The average Bonchev–Trinajstić information content (AvgIpc) is 2.28. The molecule has 1 N–H and O–H groups in total. The van der Waals surface area contributed by atoms with Gasteiger partial charge < -0.3 is 5.11 Å². The summed E-state index contributed by atoms with van der Waals surface area (Å²) in [6.07, 6.45) is -0.571. The van der Waals surface area contributed by atoms with Gasteiger partial charge in [0, 0.05) is 16.1 Å². The van der Waals surface area contributed by atoms with Crippen LogP contribution in [-0.2, 0) is 6.42 Å². The molecule has 0 amide bonds. The van der Waals surface area contributed by atoms with E-state index in [-0.39, 0.29) is 6.42 Å². The Morgan fingerprint density at radius 3 is 2.11 bits per heavy atom. The minimum atomic E-state index is -0.761. The Labute approximate surface area is 118 Å². The van der Waals surface area contributed by atoms with Crippen LogP contribution >= 0.6 is 22.6 Å². The topological polar surface area (TPSA) is 20.2 Å². The molecule has 0 saturated heterocycles. The Balaban J connectivity index is 2.15. The van der Waals surface area contributed by atoms with E-state index in [1.807, 2.05) is 24.3 Å². The lowest BCUT2D eigenvalue weighted by Crippen LogP contribution is -2.02. The Kier molecular flexibility index (Phi) is 4.29. The van der Waals surface area contributed by atoms with Crippen molar-refractivity contribution in [3.8, 4) is 0 Å². The molecule has 0 saturated carbocycles. The zero-order valence-corrected chi connectivity index (χ0v) is 11.6. The average molecular weight is 360 g/mol. The van der Waals surface area contributed by atoms with Crippen LogP contribution < -0.4 is 0 Å². The standard InChI is InChI=1S/C14H11F2IO/c15-11-5-9(6-12(16)8-11)7-14(18)10-1-3-13(17)4-2-10/h1-6,8,14,18H,7H2.